The van der Waals surface area contributed by atoms with E-state index in [2.05, 4.69) is 27.3 Å². The summed E-state index contributed by atoms with van der Waals surface area (Å²) in [7, 11) is 5.55. The minimum absolute atomic E-state index is 0. The Morgan fingerprint density at radius 2 is 1.74 bits per heavy atom. The van der Waals surface area contributed by atoms with Crippen LogP contribution in [-0.4, -0.2) is 65.0 Å². The van der Waals surface area contributed by atoms with Crippen LogP contribution in [0.25, 0.3) is 0 Å². The molecule has 1 N–H and O–H groups in total. The summed E-state index contributed by atoms with van der Waals surface area (Å²) < 4.78 is 16.8. The first-order valence-corrected chi connectivity index (χ1v) is 10.5. The molecule has 31 heavy (non-hydrogen) atoms. The molecule has 1 aliphatic heterocycles. The number of hydrogen-bond donors (Lipinski definition) is 1. The van der Waals surface area contributed by atoms with Gasteiger partial charge < -0.3 is 24.4 Å². The highest BCUT2D eigenvalue weighted by molar-refractivity contribution is 14.0. The van der Waals surface area contributed by atoms with Crippen LogP contribution in [0.3, 0.4) is 0 Å². The molecule has 2 aromatic rings. The molecule has 0 saturated carbocycles. The molecule has 0 bridgehead atoms. The Morgan fingerprint density at radius 1 is 1.06 bits per heavy atom. The van der Waals surface area contributed by atoms with Gasteiger partial charge in [0.05, 0.1) is 13.7 Å². The lowest BCUT2D eigenvalue weighted by molar-refractivity contribution is 0.0512. The van der Waals surface area contributed by atoms with E-state index in [1.807, 2.05) is 56.6 Å². The van der Waals surface area contributed by atoms with Gasteiger partial charge in [-0.3, -0.25) is 4.99 Å². The number of rotatable bonds is 8. The standard InChI is InChI=1S/C24H33N3O3.HI/c1-25-23(27(2)15-18-30-22-7-5-4-6-8-22)26-19-24(13-16-29-17-14-24)20-9-11-21(28-3)12-10-20;/h4-12H,13-19H2,1-3H3,(H,25,26);1H. The second-order valence-electron chi connectivity index (χ2n) is 7.61. The molecule has 0 atom stereocenters. The molecule has 170 valence electrons. The van der Waals surface area contributed by atoms with Gasteiger partial charge in [-0.1, -0.05) is 30.3 Å². The van der Waals surface area contributed by atoms with Gasteiger partial charge in [-0.2, -0.15) is 0 Å². The number of likely N-dealkylation sites (N-methyl/N-ethyl adjacent to an activating group) is 1. The molecule has 3 rings (SSSR count). The van der Waals surface area contributed by atoms with E-state index in [0.717, 1.165) is 56.6 Å². The molecule has 2 aromatic carbocycles. The molecule has 0 aromatic heterocycles. The topological polar surface area (TPSA) is 55.3 Å². The number of guanidine groups is 1. The number of methoxy groups -OCH3 is 1. The van der Waals surface area contributed by atoms with Gasteiger partial charge in [0.2, 0.25) is 0 Å². The minimum Gasteiger partial charge on any atom is -0.497 e. The molecule has 1 saturated heterocycles. The maximum absolute atomic E-state index is 5.82. The third-order valence-electron chi connectivity index (χ3n) is 5.75. The van der Waals surface area contributed by atoms with Crippen molar-refractivity contribution < 1.29 is 14.2 Å². The predicted octanol–water partition coefficient (Wildman–Crippen LogP) is 3.95. The van der Waals surface area contributed by atoms with E-state index in [9.17, 15) is 0 Å². The Hall–Kier alpha value is -2.00. The molecule has 7 heteroatoms. The number of ether oxygens (including phenoxy) is 3. The van der Waals surface area contributed by atoms with Gasteiger partial charge >= 0.3 is 0 Å². The van der Waals surface area contributed by atoms with Crippen LogP contribution in [0.5, 0.6) is 11.5 Å². The number of benzene rings is 2. The molecule has 0 aliphatic carbocycles. The Morgan fingerprint density at radius 3 is 2.35 bits per heavy atom. The summed E-state index contributed by atoms with van der Waals surface area (Å²) >= 11 is 0. The van der Waals surface area contributed by atoms with Gasteiger partial charge in [0.15, 0.2) is 5.96 Å². The van der Waals surface area contributed by atoms with Crippen molar-refractivity contribution in [1.29, 1.82) is 0 Å². The Kier molecular flexibility index (Phi) is 10.4. The van der Waals surface area contributed by atoms with Crippen molar-refractivity contribution in [2.45, 2.75) is 18.3 Å². The largest absolute Gasteiger partial charge is 0.497 e. The Labute approximate surface area is 203 Å². The summed E-state index contributed by atoms with van der Waals surface area (Å²) in [6, 6.07) is 18.3. The number of halogens is 1. The first-order valence-electron chi connectivity index (χ1n) is 10.5. The average Bonchev–Trinajstić information content (AvgIpc) is 2.81. The van der Waals surface area contributed by atoms with Crippen LogP contribution < -0.4 is 14.8 Å². The van der Waals surface area contributed by atoms with Crippen LogP contribution in [0.1, 0.15) is 18.4 Å². The summed E-state index contributed by atoms with van der Waals surface area (Å²) in [5.74, 6) is 2.63. The molecular weight excluding hydrogens is 505 g/mol. The number of para-hydroxylation sites is 1. The molecule has 0 amide bonds. The van der Waals surface area contributed by atoms with Gasteiger partial charge in [0.25, 0.3) is 0 Å². The van der Waals surface area contributed by atoms with E-state index in [4.69, 9.17) is 14.2 Å². The van der Waals surface area contributed by atoms with E-state index in [1.54, 1.807) is 7.11 Å². The Bertz CT molecular complexity index is 793. The molecule has 0 unspecified atom stereocenters. The maximum Gasteiger partial charge on any atom is 0.193 e. The maximum atomic E-state index is 5.82. The zero-order valence-corrected chi connectivity index (χ0v) is 21.0. The summed E-state index contributed by atoms with van der Waals surface area (Å²) in [5, 5.41) is 3.59. The molecule has 0 radical (unpaired) electrons. The third kappa shape index (κ3) is 7.00. The number of hydrogen-bond acceptors (Lipinski definition) is 4. The molecule has 1 fully saturated rings. The number of nitrogens with zero attached hydrogens (tertiary/aromatic N) is 2. The van der Waals surface area contributed by atoms with E-state index in [-0.39, 0.29) is 29.4 Å². The zero-order chi connectivity index (χ0) is 21.2. The van der Waals surface area contributed by atoms with Crippen LogP contribution in [0.15, 0.2) is 59.6 Å². The van der Waals surface area contributed by atoms with Crippen molar-refractivity contribution >= 4 is 29.9 Å². The summed E-state index contributed by atoms with van der Waals surface area (Å²) in [6.45, 7) is 3.69. The highest BCUT2D eigenvalue weighted by Crippen LogP contribution is 2.35. The monoisotopic (exact) mass is 539 g/mol. The fraction of sp³-hybridized carbons (Fsp3) is 0.458. The van der Waals surface area contributed by atoms with E-state index >= 15 is 0 Å². The predicted molar refractivity (Wildman–Crippen MR) is 136 cm³/mol. The second-order valence-corrected chi connectivity index (χ2v) is 7.61. The summed E-state index contributed by atoms with van der Waals surface area (Å²) in [4.78, 5) is 6.58. The van der Waals surface area contributed by atoms with Crippen LogP contribution in [0.4, 0.5) is 0 Å². The van der Waals surface area contributed by atoms with Crippen molar-refractivity contribution in [1.82, 2.24) is 10.2 Å². The van der Waals surface area contributed by atoms with Gasteiger partial charge in [0.1, 0.15) is 18.1 Å². The first kappa shape index (κ1) is 25.3. The van der Waals surface area contributed by atoms with Crippen molar-refractivity contribution in [3.8, 4) is 11.5 Å². The number of aliphatic imine (C=N–C) groups is 1. The summed E-state index contributed by atoms with van der Waals surface area (Å²) in [6.07, 6.45) is 1.95. The van der Waals surface area contributed by atoms with Gasteiger partial charge in [-0.15, -0.1) is 24.0 Å². The first-order chi connectivity index (χ1) is 14.7. The smallest absolute Gasteiger partial charge is 0.193 e. The summed E-state index contributed by atoms with van der Waals surface area (Å²) in [5.41, 5.74) is 1.33. The van der Waals surface area contributed by atoms with Gasteiger partial charge in [-0.05, 0) is 42.7 Å². The second kappa shape index (κ2) is 12.8. The fourth-order valence-electron chi connectivity index (χ4n) is 3.83. The van der Waals surface area contributed by atoms with Gasteiger partial charge in [-0.25, -0.2) is 0 Å². The average molecular weight is 539 g/mol. The van der Waals surface area contributed by atoms with Crippen LogP contribution in [-0.2, 0) is 10.2 Å². The van der Waals surface area contributed by atoms with E-state index in [1.165, 1.54) is 5.56 Å². The van der Waals surface area contributed by atoms with Crippen molar-refractivity contribution in [3.63, 3.8) is 0 Å². The van der Waals surface area contributed by atoms with Gasteiger partial charge in [0, 0.05) is 39.3 Å². The van der Waals surface area contributed by atoms with E-state index < -0.39 is 0 Å². The van der Waals surface area contributed by atoms with Crippen LogP contribution in [0.2, 0.25) is 0 Å². The van der Waals surface area contributed by atoms with Crippen molar-refractivity contribution in [2.75, 3.05) is 54.1 Å². The molecule has 0 spiro atoms. The SMILES string of the molecule is CN=C(NCC1(c2ccc(OC)cc2)CCOCC1)N(C)CCOc1ccccc1.I. The molecule has 1 aliphatic rings. The minimum atomic E-state index is 0. The lowest BCUT2D eigenvalue weighted by atomic mass is 9.74. The normalized spacial score (nSPS) is 15.5. The third-order valence-corrected chi connectivity index (χ3v) is 5.75. The highest BCUT2D eigenvalue weighted by atomic mass is 127. The number of nitrogens with one attached hydrogen (secondary N) is 1. The van der Waals surface area contributed by atoms with Crippen LogP contribution >= 0.6 is 24.0 Å². The Balaban J connectivity index is 0.00000341. The van der Waals surface area contributed by atoms with E-state index in [0.29, 0.717) is 6.61 Å². The zero-order valence-electron chi connectivity index (χ0n) is 18.7. The quantitative estimate of drug-likeness (QED) is 0.313. The molecule has 6 nitrogen and oxygen atoms in total. The van der Waals surface area contributed by atoms with Crippen molar-refractivity contribution in [2.24, 2.45) is 4.99 Å². The fourth-order valence-corrected chi connectivity index (χ4v) is 3.83. The lowest BCUT2D eigenvalue weighted by Crippen LogP contribution is -2.49. The highest BCUT2D eigenvalue weighted by Gasteiger charge is 2.34. The lowest BCUT2D eigenvalue weighted by Gasteiger charge is -2.39. The molecule has 1 heterocycles. The van der Waals surface area contributed by atoms with Crippen molar-refractivity contribution in [3.05, 3.63) is 60.2 Å². The molecular formula is C24H34IN3O3. The van der Waals surface area contributed by atoms with Crippen LogP contribution in [0, 0.1) is 0 Å².